The van der Waals surface area contributed by atoms with Crippen LogP contribution in [0.1, 0.15) is 11.1 Å². The van der Waals surface area contributed by atoms with E-state index in [-0.39, 0.29) is 11.3 Å². The van der Waals surface area contributed by atoms with Crippen LogP contribution in [0, 0.1) is 23.5 Å². The Morgan fingerprint density at radius 3 is 1.35 bits per heavy atom. The van der Waals surface area contributed by atoms with E-state index in [0.29, 0.717) is 11.3 Å². The minimum Gasteiger partial charge on any atom is -0.423 e. The van der Waals surface area contributed by atoms with Gasteiger partial charge in [0, 0.05) is 29.9 Å². The van der Waals surface area contributed by atoms with Crippen molar-refractivity contribution in [1.82, 2.24) is 0 Å². The molecule has 0 bridgehead atoms. The predicted octanol–water partition coefficient (Wildman–Crippen LogP) is 7.06. The van der Waals surface area contributed by atoms with Gasteiger partial charge in [-0.3, -0.25) is 0 Å². The summed E-state index contributed by atoms with van der Waals surface area (Å²) in [4.78, 5) is 47.4. The Hall–Kier alpha value is -6.86. The fourth-order valence-electron chi connectivity index (χ4n) is 4.09. The molecule has 0 aliphatic rings. The molecule has 8 nitrogen and oxygen atoms in total. The topological polar surface area (TPSA) is 105 Å². The molecular formula is C38H24F2O8. The van der Waals surface area contributed by atoms with Crippen LogP contribution in [0.15, 0.2) is 123 Å². The van der Waals surface area contributed by atoms with E-state index in [2.05, 4.69) is 38.2 Å². The summed E-state index contributed by atoms with van der Waals surface area (Å²) in [6.45, 7) is 13.2. The van der Waals surface area contributed by atoms with E-state index in [1.807, 2.05) is 0 Å². The lowest BCUT2D eigenvalue weighted by Crippen LogP contribution is -2.13. The van der Waals surface area contributed by atoms with Crippen LogP contribution in [0.5, 0.6) is 23.0 Å². The largest absolute Gasteiger partial charge is 0.423 e. The first-order valence-corrected chi connectivity index (χ1v) is 13.8. The number of hydrogen-bond acceptors (Lipinski definition) is 8. The minimum absolute atomic E-state index is 0.0328. The van der Waals surface area contributed by atoms with Crippen molar-refractivity contribution in [1.29, 1.82) is 0 Å². The number of halogens is 2. The molecule has 0 fully saturated rings. The monoisotopic (exact) mass is 646 g/mol. The van der Waals surface area contributed by atoms with E-state index < -0.39 is 58.1 Å². The standard InChI is InChI=1S/C38H24F2O8/c1-5-30(41)45-27-18-14-25(15-19-27)24-12-9-23(10-13-24)11-22-29-35(39)38(48-33(44)8-4)34(36(40)37(29)47-32(43)7-3)26-16-20-28(21-17-26)46-31(42)6-2/h5-10,12-21H,1-4H2. The highest BCUT2D eigenvalue weighted by Crippen LogP contribution is 2.43. The van der Waals surface area contributed by atoms with E-state index in [0.717, 1.165) is 35.4 Å². The number of rotatable bonds is 10. The maximum absolute atomic E-state index is 16.3. The van der Waals surface area contributed by atoms with Crippen LogP contribution in [0.25, 0.3) is 22.3 Å². The van der Waals surface area contributed by atoms with Crippen molar-refractivity contribution in [2.45, 2.75) is 0 Å². The highest BCUT2D eigenvalue weighted by molar-refractivity contribution is 5.89. The summed E-state index contributed by atoms with van der Waals surface area (Å²) in [5.41, 5.74) is 0.591. The van der Waals surface area contributed by atoms with Gasteiger partial charge in [0.2, 0.25) is 0 Å². The molecule has 0 spiro atoms. The van der Waals surface area contributed by atoms with Gasteiger partial charge in [-0.15, -0.1) is 0 Å². The molecule has 238 valence electrons. The summed E-state index contributed by atoms with van der Waals surface area (Å²) in [6.07, 6.45) is 3.49. The second-order valence-electron chi connectivity index (χ2n) is 9.41. The Morgan fingerprint density at radius 1 is 0.500 bits per heavy atom. The Balaban J connectivity index is 1.79. The summed E-state index contributed by atoms with van der Waals surface area (Å²) in [6, 6.07) is 18.5. The molecule has 0 unspecified atom stereocenters. The molecule has 0 saturated heterocycles. The molecule has 4 aromatic rings. The molecule has 0 atom stereocenters. The van der Waals surface area contributed by atoms with Gasteiger partial charge in [0.05, 0.1) is 5.56 Å². The minimum atomic E-state index is -1.31. The summed E-state index contributed by atoms with van der Waals surface area (Å²) >= 11 is 0. The molecular weight excluding hydrogens is 622 g/mol. The predicted molar refractivity (Wildman–Crippen MR) is 173 cm³/mol. The lowest BCUT2D eigenvalue weighted by atomic mass is 9.99. The summed E-state index contributed by atoms with van der Waals surface area (Å²) in [7, 11) is 0. The Labute approximate surface area is 273 Å². The molecule has 4 aromatic carbocycles. The van der Waals surface area contributed by atoms with Crippen molar-refractivity contribution in [2.75, 3.05) is 0 Å². The normalized spacial score (nSPS) is 9.96. The zero-order valence-electron chi connectivity index (χ0n) is 25.1. The molecule has 10 heteroatoms. The molecule has 48 heavy (non-hydrogen) atoms. The first-order valence-electron chi connectivity index (χ1n) is 13.8. The first kappa shape index (κ1) is 34.0. The number of carbonyl (C=O) groups is 4. The zero-order chi connectivity index (χ0) is 34.8. The SMILES string of the molecule is C=CC(=O)Oc1ccc(-c2ccc(C#Cc3c(F)c(OC(=O)C=C)c(-c4ccc(OC(=O)C=C)cc4)c(F)c3OC(=O)C=C)cc2)cc1. The molecule has 0 N–H and O–H groups in total. The maximum Gasteiger partial charge on any atom is 0.335 e. The molecule has 0 aliphatic carbocycles. The second-order valence-corrected chi connectivity index (χ2v) is 9.41. The number of benzene rings is 4. The van der Waals surface area contributed by atoms with Gasteiger partial charge in [-0.1, -0.05) is 74.6 Å². The van der Waals surface area contributed by atoms with Crippen LogP contribution in [-0.2, 0) is 19.2 Å². The third-order valence-electron chi connectivity index (χ3n) is 6.35. The van der Waals surface area contributed by atoms with Crippen molar-refractivity contribution in [3.8, 4) is 57.1 Å². The third kappa shape index (κ3) is 8.04. The summed E-state index contributed by atoms with van der Waals surface area (Å²) in [5, 5.41) is 0. The Bertz CT molecular complexity index is 2020. The van der Waals surface area contributed by atoms with Gasteiger partial charge in [0.15, 0.2) is 23.1 Å². The first-order chi connectivity index (χ1) is 23.1. The Morgan fingerprint density at radius 2 is 0.896 bits per heavy atom. The van der Waals surface area contributed by atoms with Gasteiger partial charge in [0.25, 0.3) is 0 Å². The molecule has 0 aromatic heterocycles. The second kappa shape index (κ2) is 15.4. The summed E-state index contributed by atoms with van der Waals surface area (Å²) in [5.74, 6) is -2.29. The lowest BCUT2D eigenvalue weighted by Gasteiger charge is -2.17. The van der Waals surface area contributed by atoms with Crippen LogP contribution < -0.4 is 18.9 Å². The fraction of sp³-hybridized carbons (Fsp3) is 0. The van der Waals surface area contributed by atoms with Gasteiger partial charge in [0.1, 0.15) is 17.1 Å². The highest BCUT2D eigenvalue weighted by atomic mass is 19.1. The van der Waals surface area contributed by atoms with Crippen LogP contribution >= 0.6 is 0 Å². The average Bonchev–Trinajstić information content (AvgIpc) is 3.11. The number of ether oxygens (including phenoxy) is 4. The molecule has 0 aliphatic heterocycles. The molecule has 0 radical (unpaired) electrons. The van der Waals surface area contributed by atoms with Gasteiger partial charge in [-0.05, 0) is 53.1 Å². The molecule has 0 saturated carbocycles. The van der Waals surface area contributed by atoms with E-state index in [4.69, 9.17) is 18.9 Å². The van der Waals surface area contributed by atoms with Gasteiger partial charge in [-0.25, -0.2) is 28.0 Å². The number of hydrogen-bond donors (Lipinski definition) is 0. The van der Waals surface area contributed by atoms with Crippen LogP contribution in [-0.4, -0.2) is 23.9 Å². The van der Waals surface area contributed by atoms with E-state index in [9.17, 15) is 19.2 Å². The van der Waals surface area contributed by atoms with Crippen molar-refractivity contribution in [3.63, 3.8) is 0 Å². The smallest absolute Gasteiger partial charge is 0.335 e. The molecule has 0 amide bonds. The van der Waals surface area contributed by atoms with Crippen LogP contribution in [0.2, 0.25) is 0 Å². The lowest BCUT2D eigenvalue weighted by molar-refractivity contribution is -0.130. The number of carbonyl (C=O) groups excluding carboxylic acids is 4. The van der Waals surface area contributed by atoms with Gasteiger partial charge >= 0.3 is 23.9 Å². The van der Waals surface area contributed by atoms with Crippen molar-refractivity contribution in [2.24, 2.45) is 0 Å². The third-order valence-corrected chi connectivity index (χ3v) is 6.35. The Kier molecular flexibility index (Phi) is 10.9. The molecule has 4 rings (SSSR count). The molecule has 0 heterocycles. The van der Waals surface area contributed by atoms with E-state index in [1.165, 1.54) is 24.3 Å². The highest BCUT2D eigenvalue weighted by Gasteiger charge is 2.30. The maximum atomic E-state index is 16.3. The van der Waals surface area contributed by atoms with Crippen molar-refractivity contribution < 1.29 is 46.9 Å². The van der Waals surface area contributed by atoms with Gasteiger partial charge < -0.3 is 18.9 Å². The van der Waals surface area contributed by atoms with Crippen LogP contribution in [0.3, 0.4) is 0 Å². The van der Waals surface area contributed by atoms with E-state index >= 15 is 8.78 Å². The quantitative estimate of drug-likeness (QED) is 0.0781. The van der Waals surface area contributed by atoms with Gasteiger partial charge in [-0.2, -0.15) is 0 Å². The fourth-order valence-corrected chi connectivity index (χ4v) is 4.09. The average molecular weight is 647 g/mol. The van der Waals surface area contributed by atoms with Crippen molar-refractivity contribution in [3.05, 3.63) is 146 Å². The number of esters is 4. The van der Waals surface area contributed by atoms with E-state index in [1.54, 1.807) is 48.5 Å². The summed E-state index contributed by atoms with van der Waals surface area (Å²) < 4.78 is 52.8. The zero-order valence-corrected chi connectivity index (χ0v) is 25.1. The van der Waals surface area contributed by atoms with Crippen molar-refractivity contribution >= 4 is 23.9 Å². The van der Waals surface area contributed by atoms with Crippen LogP contribution in [0.4, 0.5) is 8.78 Å².